The smallest absolute Gasteiger partial charge is 0.136 e. The summed E-state index contributed by atoms with van der Waals surface area (Å²) >= 11 is 0. The van der Waals surface area contributed by atoms with Crippen LogP contribution >= 0.6 is 0 Å². The van der Waals surface area contributed by atoms with Crippen LogP contribution < -0.4 is 5.73 Å². The predicted molar refractivity (Wildman–Crippen MR) is 70.5 cm³/mol. The first-order chi connectivity index (χ1) is 8.39. The molecule has 4 heteroatoms. The minimum absolute atomic E-state index is 0.179. The van der Waals surface area contributed by atoms with Crippen LogP contribution in [0.1, 0.15) is 26.6 Å². The average molecular weight is 245 g/mol. The zero-order valence-corrected chi connectivity index (χ0v) is 10.7. The normalized spacial score (nSPS) is 11.6. The van der Waals surface area contributed by atoms with Gasteiger partial charge in [0, 0.05) is 22.7 Å². The molecule has 1 heterocycles. The summed E-state index contributed by atoms with van der Waals surface area (Å²) in [5.41, 5.74) is 6.68. The van der Waals surface area contributed by atoms with Crippen LogP contribution in [-0.4, -0.2) is 9.97 Å². The van der Waals surface area contributed by atoms with Gasteiger partial charge in [-0.3, -0.25) is 0 Å². The van der Waals surface area contributed by atoms with Gasteiger partial charge in [0.05, 0.1) is 0 Å². The molecule has 3 nitrogen and oxygen atoms in total. The molecule has 1 aromatic heterocycles. The number of benzene rings is 1. The fourth-order valence-corrected chi connectivity index (χ4v) is 1.64. The first-order valence-corrected chi connectivity index (χ1v) is 5.77. The van der Waals surface area contributed by atoms with Gasteiger partial charge >= 0.3 is 0 Å². The van der Waals surface area contributed by atoms with Gasteiger partial charge in [0.2, 0.25) is 0 Å². The number of halogens is 1. The fourth-order valence-electron chi connectivity index (χ4n) is 1.64. The van der Waals surface area contributed by atoms with E-state index in [9.17, 15) is 4.39 Å². The molecule has 2 rings (SSSR count). The van der Waals surface area contributed by atoms with Crippen molar-refractivity contribution < 1.29 is 4.39 Å². The first kappa shape index (κ1) is 12.5. The van der Waals surface area contributed by atoms with Gasteiger partial charge in [-0.2, -0.15) is 0 Å². The van der Waals surface area contributed by atoms with E-state index in [-0.39, 0.29) is 11.2 Å². The van der Waals surface area contributed by atoms with Crippen LogP contribution in [0.4, 0.5) is 10.2 Å². The van der Waals surface area contributed by atoms with Crippen LogP contribution in [0.2, 0.25) is 0 Å². The highest BCUT2D eigenvalue weighted by molar-refractivity contribution is 5.73. The van der Waals surface area contributed by atoms with E-state index in [1.54, 1.807) is 24.4 Å². The standard InChI is InChI=1S/C14H16FN3/c1-14(2,3)13-17-8-10(12(16)18-13)9-6-4-5-7-11(9)15/h4-8H,1-3H3,(H2,16,17,18). The Bertz CT molecular complexity index is 573. The molecule has 2 aromatic rings. The summed E-state index contributed by atoms with van der Waals surface area (Å²) in [5.74, 6) is 0.636. The third kappa shape index (κ3) is 2.32. The van der Waals surface area contributed by atoms with Crippen molar-refractivity contribution in [2.75, 3.05) is 5.73 Å². The predicted octanol–water partition coefficient (Wildman–Crippen LogP) is 3.16. The largest absolute Gasteiger partial charge is 0.383 e. The molecule has 0 saturated heterocycles. The quantitative estimate of drug-likeness (QED) is 0.839. The highest BCUT2D eigenvalue weighted by atomic mass is 19.1. The van der Waals surface area contributed by atoms with E-state index in [0.717, 1.165) is 0 Å². The van der Waals surface area contributed by atoms with Crippen molar-refractivity contribution in [3.63, 3.8) is 0 Å². The van der Waals surface area contributed by atoms with Gasteiger partial charge in [-0.15, -0.1) is 0 Å². The van der Waals surface area contributed by atoms with E-state index >= 15 is 0 Å². The highest BCUT2D eigenvalue weighted by Crippen LogP contribution is 2.28. The maximum absolute atomic E-state index is 13.7. The first-order valence-electron chi connectivity index (χ1n) is 5.77. The summed E-state index contributed by atoms with van der Waals surface area (Å²) in [6.07, 6.45) is 1.58. The Hall–Kier alpha value is -1.97. The molecule has 18 heavy (non-hydrogen) atoms. The Morgan fingerprint density at radius 3 is 2.33 bits per heavy atom. The molecule has 0 spiro atoms. The molecule has 0 atom stereocenters. The number of nitrogen functional groups attached to an aromatic ring is 1. The van der Waals surface area contributed by atoms with Crippen LogP contribution in [0, 0.1) is 5.82 Å². The van der Waals surface area contributed by atoms with Crippen molar-refractivity contribution in [3.8, 4) is 11.1 Å². The molecule has 0 aliphatic carbocycles. The Morgan fingerprint density at radius 2 is 1.78 bits per heavy atom. The van der Waals surface area contributed by atoms with Gasteiger partial charge in [0.1, 0.15) is 17.5 Å². The van der Waals surface area contributed by atoms with E-state index in [4.69, 9.17) is 5.73 Å². The summed E-state index contributed by atoms with van der Waals surface area (Å²) in [4.78, 5) is 8.53. The molecule has 0 aliphatic rings. The Balaban J connectivity index is 2.52. The highest BCUT2D eigenvalue weighted by Gasteiger charge is 2.19. The van der Waals surface area contributed by atoms with Crippen molar-refractivity contribution in [3.05, 3.63) is 42.1 Å². The van der Waals surface area contributed by atoms with E-state index in [1.165, 1.54) is 6.07 Å². The molecule has 0 bridgehead atoms. The van der Waals surface area contributed by atoms with Crippen LogP contribution in [-0.2, 0) is 5.41 Å². The molecule has 0 fully saturated rings. The molecular formula is C14H16FN3. The number of aromatic nitrogens is 2. The lowest BCUT2D eigenvalue weighted by Crippen LogP contribution is -2.17. The van der Waals surface area contributed by atoms with Crippen molar-refractivity contribution in [1.82, 2.24) is 9.97 Å². The molecule has 2 N–H and O–H groups in total. The van der Waals surface area contributed by atoms with Gasteiger partial charge in [0.15, 0.2) is 0 Å². The zero-order valence-electron chi connectivity index (χ0n) is 10.7. The molecule has 0 unspecified atom stereocenters. The van der Waals surface area contributed by atoms with Crippen molar-refractivity contribution in [1.29, 1.82) is 0 Å². The van der Waals surface area contributed by atoms with Crippen molar-refractivity contribution >= 4 is 5.82 Å². The Kier molecular flexibility index (Phi) is 3.03. The monoisotopic (exact) mass is 245 g/mol. The summed E-state index contributed by atoms with van der Waals surface area (Å²) in [6, 6.07) is 6.46. The van der Waals surface area contributed by atoms with E-state index in [0.29, 0.717) is 22.8 Å². The molecule has 94 valence electrons. The molecule has 0 amide bonds. The molecule has 1 aromatic carbocycles. The van der Waals surface area contributed by atoms with E-state index in [1.807, 2.05) is 20.8 Å². The van der Waals surface area contributed by atoms with Crippen LogP contribution in [0.15, 0.2) is 30.5 Å². The van der Waals surface area contributed by atoms with Gasteiger partial charge in [-0.1, -0.05) is 39.0 Å². The molecule has 0 aliphatic heterocycles. The van der Waals surface area contributed by atoms with Gasteiger partial charge in [-0.05, 0) is 6.07 Å². The summed E-state index contributed by atoms with van der Waals surface area (Å²) in [7, 11) is 0. The molecule has 0 saturated carbocycles. The summed E-state index contributed by atoms with van der Waals surface area (Å²) in [5, 5.41) is 0. The lowest BCUT2D eigenvalue weighted by molar-refractivity contribution is 0.546. The number of nitrogens with zero attached hydrogens (tertiary/aromatic N) is 2. The molecular weight excluding hydrogens is 229 g/mol. The van der Waals surface area contributed by atoms with Gasteiger partial charge < -0.3 is 5.73 Å². The summed E-state index contributed by atoms with van der Waals surface area (Å²) in [6.45, 7) is 6.01. The SMILES string of the molecule is CC(C)(C)c1ncc(-c2ccccc2F)c(N)n1. The zero-order chi connectivity index (χ0) is 13.3. The number of anilines is 1. The summed E-state index contributed by atoms with van der Waals surface area (Å²) < 4.78 is 13.7. The maximum atomic E-state index is 13.7. The Morgan fingerprint density at radius 1 is 1.11 bits per heavy atom. The Labute approximate surface area is 106 Å². The lowest BCUT2D eigenvalue weighted by atomic mass is 9.95. The van der Waals surface area contributed by atoms with Gasteiger partial charge in [0.25, 0.3) is 0 Å². The second-order valence-electron chi connectivity index (χ2n) is 5.22. The van der Waals surface area contributed by atoms with Crippen LogP contribution in [0.25, 0.3) is 11.1 Å². The van der Waals surface area contributed by atoms with Crippen molar-refractivity contribution in [2.45, 2.75) is 26.2 Å². The molecule has 0 radical (unpaired) electrons. The topological polar surface area (TPSA) is 51.8 Å². The average Bonchev–Trinajstić information content (AvgIpc) is 2.29. The third-order valence-corrected chi connectivity index (χ3v) is 2.65. The minimum Gasteiger partial charge on any atom is -0.383 e. The minimum atomic E-state index is -0.323. The van der Waals surface area contributed by atoms with Crippen molar-refractivity contribution in [2.24, 2.45) is 0 Å². The van der Waals surface area contributed by atoms with E-state index in [2.05, 4.69) is 9.97 Å². The fraction of sp³-hybridized carbons (Fsp3) is 0.286. The van der Waals surface area contributed by atoms with Crippen LogP contribution in [0.3, 0.4) is 0 Å². The number of hydrogen-bond acceptors (Lipinski definition) is 3. The lowest BCUT2D eigenvalue weighted by Gasteiger charge is -2.17. The third-order valence-electron chi connectivity index (χ3n) is 2.65. The van der Waals surface area contributed by atoms with Gasteiger partial charge in [-0.25, -0.2) is 14.4 Å². The second-order valence-corrected chi connectivity index (χ2v) is 5.22. The maximum Gasteiger partial charge on any atom is 0.136 e. The van der Waals surface area contributed by atoms with Crippen LogP contribution in [0.5, 0.6) is 0 Å². The van der Waals surface area contributed by atoms with E-state index < -0.39 is 0 Å². The second kappa shape index (κ2) is 4.37. The number of nitrogens with two attached hydrogens (primary N) is 1. The number of rotatable bonds is 1. The number of hydrogen-bond donors (Lipinski definition) is 1.